The number of imide groups is 1. The van der Waals surface area contributed by atoms with Crippen LogP contribution >= 0.6 is 0 Å². The first kappa shape index (κ1) is 14.2. The van der Waals surface area contributed by atoms with E-state index < -0.39 is 12.0 Å². The molecule has 0 aromatic carbocycles. The predicted molar refractivity (Wildman–Crippen MR) is 63.7 cm³/mol. The number of anilines is 1. The van der Waals surface area contributed by atoms with Gasteiger partial charge >= 0.3 is 6.09 Å². The largest absolute Gasteiger partial charge is 0.450 e. The highest BCUT2D eigenvalue weighted by Gasteiger charge is 2.13. The van der Waals surface area contributed by atoms with Gasteiger partial charge in [-0.3, -0.25) is 10.1 Å². The van der Waals surface area contributed by atoms with Crippen LogP contribution in [0.4, 0.5) is 10.6 Å². The minimum absolute atomic E-state index is 0.126. The predicted octanol–water partition coefficient (Wildman–Crippen LogP) is 1.08. The number of nitrogens with one attached hydrogen (secondary N) is 2. The van der Waals surface area contributed by atoms with E-state index in [2.05, 4.69) is 15.2 Å². The van der Waals surface area contributed by atoms with Crippen LogP contribution in [0.2, 0.25) is 0 Å². The summed E-state index contributed by atoms with van der Waals surface area (Å²) in [6.45, 7) is 3.42. The molecule has 0 aliphatic rings. The van der Waals surface area contributed by atoms with Gasteiger partial charge in [0.25, 0.3) is 5.91 Å². The summed E-state index contributed by atoms with van der Waals surface area (Å²) in [5.74, 6) is 0.0493. The van der Waals surface area contributed by atoms with E-state index in [1.54, 1.807) is 26.0 Å². The topological polar surface area (TPSA) is 117 Å². The van der Waals surface area contributed by atoms with Gasteiger partial charge in [-0.15, -0.1) is 0 Å². The number of amides is 2. The third kappa shape index (κ3) is 4.51. The molecule has 8 nitrogen and oxygen atoms in total. The molecule has 8 heteroatoms. The number of hydrogen-bond acceptors (Lipinski definition) is 7. The standard InChI is InChI=1S/C11H12N4O4/c1-3-18-11(17)14-10(16)8(5-12)6-13-9-4-7(2)19-15-9/h4,6H,3H2,1-2H3,(H,13,15)(H,14,16,17)/b8-6+. The second-order valence-electron chi connectivity index (χ2n) is 3.31. The van der Waals surface area contributed by atoms with E-state index in [-0.39, 0.29) is 12.2 Å². The van der Waals surface area contributed by atoms with Crippen molar-refractivity contribution < 1.29 is 18.8 Å². The van der Waals surface area contributed by atoms with Crippen LogP contribution in [0.1, 0.15) is 12.7 Å². The van der Waals surface area contributed by atoms with Crippen molar-refractivity contribution in [1.29, 1.82) is 5.26 Å². The molecule has 0 fully saturated rings. The van der Waals surface area contributed by atoms with Gasteiger partial charge in [-0.25, -0.2) is 4.79 Å². The highest BCUT2D eigenvalue weighted by molar-refractivity contribution is 6.05. The number of nitrogens with zero attached hydrogens (tertiary/aromatic N) is 2. The Balaban J connectivity index is 2.64. The van der Waals surface area contributed by atoms with Gasteiger partial charge in [0.1, 0.15) is 17.4 Å². The molecule has 100 valence electrons. The van der Waals surface area contributed by atoms with E-state index in [0.29, 0.717) is 11.6 Å². The van der Waals surface area contributed by atoms with Crippen LogP contribution in [0.3, 0.4) is 0 Å². The van der Waals surface area contributed by atoms with E-state index in [4.69, 9.17) is 9.78 Å². The summed E-state index contributed by atoms with van der Waals surface area (Å²) in [5.41, 5.74) is -0.297. The van der Waals surface area contributed by atoms with Gasteiger partial charge in [-0.2, -0.15) is 5.26 Å². The molecule has 1 rings (SSSR count). The number of alkyl carbamates (subject to hydrolysis) is 1. The van der Waals surface area contributed by atoms with Crippen LogP contribution in [0.5, 0.6) is 0 Å². The molecule has 0 unspecified atom stereocenters. The number of nitriles is 1. The van der Waals surface area contributed by atoms with Gasteiger partial charge in [-0.1, -0.05) is 5.16 Å². The second-order valence-corrected chi connectivity index (χ2v) is 3.31. The number of rotatable bonds is 4. The molecule has 1 aromatic heterocycles. The molecule has 0 spiro atoms. The smallest absolute Gasteiger partial charge is 0.414 e. The van der Waals surface area contributed by atoms with Crippen molar-refractivity contribution in [3.05, 3.63) is 23.6 Å². The Hall–Kier alpha value is -2.82. The maximum atomic E-state index is 11.5. The van der Waals surface area contributed by atoms with Crippen molar-refractivity contribution in [3.63, 3.8) is 0 Å². The Morgan fingerprint density at radius 2 is 2.37 bits per heavy atom. The Morgan fingerprint density at radius 3 is 2.89 bits per heavy atom. The zero-order valence-electron chi connectivity index (χ0n) is 10.4. The highest BCUT2D eigenvalue weighted by Crippen LogP contribution is 2.07. The summed E-state index contributed by atoms with van der Waals surface area (Å²) in [7, 11) is 0. The summed E-state index contributed by atoms with van der Waals surface area (Å²) in [6, 6.07) is 3.22. The lowest BCUT2D eigenvalue weighted by Crippen LogP contribution is -2.32. The van der Waals surface area contributed by atoms with E-state index in [1.165, 1.54) is 0 Å². The van der Waals surface area contributed by atoms with Crippen LogP contribution in [-0.2, 0) is 9.53 Å². The molecule has 2 N–H and O–H groups in total. The number of carbonyl (C=O) groups is 2. The lowest BCUT2D eigenvalue weighted by Gasteiger charge is -2.02. The molecule has 0 atom stereocenters. The van der Waals surface area contributed by atoms with Crippen molar-refractivity contribution in [2.45, 2.75) is 13.8 Å². The summed E-state index contributed by atoms with van der Waals surface area (Å²) >= 11 is 0. The number of carbonyl (C=O) groups excluding carboxylic acids is 2. The number of ether oxygens (including phenoxy) is 1. The van der Waals surface area contributed by atoms with Crippen molar-refractivity contribution in [1.82, 2.24) is 10.5 Å². The van der Waals surface area contributed by atoms with Gasteiger partial charge in [0, 0.05) is 12.3 Å². The zero-order chi connectivity index (χ0) is 14.3. The molecule has 0 saturated carbocycles. The summed E-state index contributed by atoms with van der Waals surface area (Å²) in [5, 5.41) is 16.9. The molecule has 0 bridgehead atoms. The van der Waals surface area contributed by atoms with E-state index >= 15 is 0 Å². The van der Waals surface area contributed by atoms with Crippen LogP contribution in [0.25, 0.3) is 0 Å². The van der Waals surface area contributed by atoms with Gasteiger partial charge in [-0.05, 0) is 13.8 Å². The Bertz CT molecular complexity index is 541. The van der Waals surface area contributed by atoms with Crippen LogP contribution in [0, 0.1) is 18.3 Å². The molecule has 1 heterocycles. The Kier molecular flexibility index (Phi) is 5.10. The number of hydrogen-bond donors (Lipinski definition) is 2. The lowest BCUT2D eigenvalue weighted by atomic mass is 10.3. The fraction of sp³-hybridized carbons (Fsp3) is 0.273. The number of aromatic nitrogens is 1. The number of aryl methyl sites for hydroxylation is 1. The third-order valence-corrected chi connectivity index (χ3v) is 1.85. The monoisotopic (exact) mass is 264 g/mol. The van der Waals surface area contributed by atoms with Gasteiger partial charge in [0.15, 0.2) is 5.82 Å². The first-order chi connectivity index (χ1) is 9.06. The van der Waals surface area contributed by atoms with Gasteiger partial charge in [0.05, 0.1) is 6.61 Å². The van der Waals surface area contributed by atoms with Crippen molar-refractivity contribution in [3.8, 4) is 6.07 Å². The van der Waals surface area contributed by atoms with Crippen molar-refractivity contribution in [2.24, 2.45) is 0 Å². The zero-order valence-corrected chi connectivity index (χ0v) is 10.4. The average molecular weight is 264 g/mol. The minimum Gasteiger partial charge on any atom is -0.450 e. The maximum absolute atomic E-state index is 11.5. The maximum Gasteiger partial charge on any atom is 0.414 e. The minimum atomic E-state index is -0.911. The van der Waals surface area contributed by atoms with Crippen molar-refractivity contribution >= 4 is 17.8 Å². The van der Waals surface area contributed by atoms with E-state index in [1.807, 2.05) is 5.32 Å². The molecule has 0 radical (unpaired) electrons. The fourth-order valence-corrected chi connectivity index (χ4v) is 1.06. The summed E-state index contributed by atoms with van der Waals surface area (Å²) < 4.78 is 9.31. The van der Waals surface area contributed by atoms with Crippen LogP contribution in [-0.4, -0.2) is 23.8 Å². The van der Waals surface area contributed by atoms with Crippen molar-refractivity contribution in [2.75, 3.05) is 11.9 Å². The molecule has 0 saturated heterocycles. The van der Waals surface area contributed by atoms with E-state index in [9.17, 15) is 9.59 Å². The Labute approximate surface area is 109 Å². The summed E-state index contributed by atoms with van der Waals surface area (Å²) in [6.07, 6.45) is 0.206. The Morgan fingerprint density at radius 1 is 1.63 bits per heavy atom. The van der Waals surface area contributed by atoms with Gasteiger partial charge < -0.3 is 14.6 Å². The summed E-state index contributed by atoms with van der Waals surface area (Å²) in [4.78, 5) is 22.5. The lowest BCUT2D eigenvalue weighted by molar-refractivity contribution is -0.116. The average Bonchev–Trinajstić information content (AvgIpc) is 2.76. The van der Waals surface area contributed by atoms with Gasteiger partial charge in [0.2, 0.25) is 0 Å². The second kappa shape index (κ2) is 6.80. The molecule has 19 heavy (non-hydrogen) atoms. The normalized spacial score (nSPS) is 10.5. The quantitative estimate of drug-likeness (QED) is 0.617. The fourth-order valence-electron chi connectivity index (χ4n) is 1.06. The highest BCUT2D eigenvalue weighted by atomic mass is 16.5. The molecule has 2 amide bonds. The molecular formula is C11H12N4O4. The molecule has 1 aromatic rings. The molecule has 0 aliphatic heterocycles. The van der Waals surface area contributed by atoms with E-state index in [0.717, 1.165) is 6.20 Å². The SMILES string of the molecule is CCOC(=O)NC(=O)/C(C#N)=C/Nc1cc(C)on1. The third-order valence-electron chi connectivity index (χ3n) is 1.85. The molecule has 0 aliphatic carbocycles. The first-order valence-corrected chi connectivity index (χ1v) is 5.35. The first-order valence-electron chi connectivity index (χ1n) is 5.35. The molecular weight excluding hydrogens is 252 g/mol. The van der Waals surface area contributed by atoms with Crippen LogP contribution < -0.4 is 10.6 Å². The van der Waals surface area contributed by atoms with Crippen LogP contribution in [0.15, 0.2) is 22.4 Å².